The van der Waals surface area contributed by atoms with Gasteiger partial charge in [-0.05, 0) is 56.7 Å². The summed E-state index contributed by atoms with van der Waals surface area (Å²) in [5.41, 5.74) is 3.80. The van der Waals surface area contributed by atoms with Gasteiger partial charge >= 0.3 is 0 Å². The van der Waals surface area contributed by atoms with Crippen molar-refractivity contribution in [3.63, 3.8) is 0 Å². The first-order valence-corrected chi connectivity index (χ1v) is 8.69. The highest BCUT2D eigenvalue weighted by Gasteiger charge is 2.26. The first kappa shape index (κ1) is 18.7. The summed E-state index contributed by atoms with van der Waals surface area (Å²) in [6.45, 7) is 5.97. The Labute approximate surface area is 157 Å². The van der Waals surface area contributed by atoms with E-state index in [1.165, 1.54) is 6.07 Å². The number of hydrogen-bond donors (Lipinski definition) is 4. The highest BCUT2D eigenvalue weighted by molar-refractivity contribution is 6.05. The Hall–Kier alpha value is -3.06. The molecule has 1 atom stereocenters. The molecule has 4 N–H and O–H groups in total. The minimum Gasteiger partial charge on any atom is -0.488 e. The van der Waals surface area contributed by atoms with E-state index in [4.69, 9.17) is 9.94 Å². The monoisotopic (exact) mass is 369 g/mol. The molecule has 0 saturated carbocycles. The summed E-state index contributed by atoms with van der Waals surface area (Å²) in [5, 5.41) is 14.7. The molecule has 0 saturated heterocycles. The molecule has 142 valence electrons. The molecule has 7 heteroatoms. The Bertz CT molecular complexity index is 857. The van der Waals surface area contributed by atoms with Crippen LogP contribution >= 0.6 is 0 Å². The Kier molecular flexibility index (Phi) is 5.05. The first-order chi connectivity index (χ1) is 12.7. The van der Waals surface area contributed by atoms with Gasteiger partial charge in [0.25, 0.3) is 5.91 Å². The lowest BCUT2D eigenvalue weighted by atomic mass is 10.0. The lowest BCUT2D eigenvalue weighted by Crippen LogP contribution is -2.40. The summed E-state index contributed by atoms with van der Waals surface area (Å²) in [5.74, 6) is -0.0295. The molecule has 2 aromatic rings. The zero-order valence-electron chi connectivity index (χ0n) is 15.5. The number of rotatable bonds is 4. The fourth-order valence-corrected chi connectivity index (χ4v) is 2.88. The van der Waals surface area contributed by atoms with Gasteiger partial charge in [0.1, 0.15) is 17.4 Å². The van der Waals surface area contributed by atoms with Crippen LogP contribution in [0.25, 0.3) is 0 Å². The van der Waals surface area contributed by atoms with Crippen LogP contribution in [0.1, 0.15) is 36.7 Å². The highest BCUT2D eigenvalue weighted by atomic mass is 16.5. The molecule has 1 heterocycles. The van der Waals surface area contributed by atoms with Crippen molar-refractivity contribution in [2.45, 2.75) is 38.8 Å². The number of fused-ring (bicyclic) bond motifs is 1. The van der Waals surface area contributed by atoms with Crippen molar-refractivity contribution in [1.29, 1.82) is 0 Å². The van der Waals surface area contributed by atoms with Gasteiger partial charge in [-0.2, -0.15) is 0 Å². The highest BCUT2D eigenvalue weighted by Crippen LogP contribution is 2.29. The molecule has 0 bridgehead atoms. The SMILES string of the molecule is CC(C)(C)Oc1ccc(C[C@@H]2Nc3ccc(C(=O)NO)cc3NC2=O)cc1. The van der Waals surface area contributed by atoms with Crippen molar-refractivity contribution in [3.8, 4) is 5.75 Å². The van der Waals surface area contributed by atoms with Crippen LogP contribution in [0.15, 0.2) is 42.5 Å². The van der Waals surface area contributed by atoms with E-state index in [-0.39, 0.29) is 17.1 Å². The predicted octanol–water partition coefficient (Wildman–Crippen LogP) is 2.96. The van der Waals surface area contributed by atoms with Gasteiger partial charge in [-0.3, -0.25) is 14.8 Å². The maximum Gasteiger partial charge on any atom is 0.274 e. The second kappa shape index (κ2) is 7.28. The van der Waals surface area contributed by atoms with Crippen molar-refractivity contribution in [3.05, 3.63) is 53.6 Å². The molecule has 0 aromatic heterocycles. The Balaban J connectivity index is 1.70. The van der Waals surface area contributed by atoms with E-state index in [0.717, 1.165) is 17.0 Å². The minimum atomic E-state index is -0.633. The number of hydroxylamine groups is 1. The van der Waals surface area contributed by atoms with E-state index >= 15 is 0 Å². The number of ether oxygens (including phenoxy) is 1. The third-order valence-electron chi connectivity index (χ3n) is 4.07. The van der Waals surface area contributed by atoms with Crippen molar-refractivity contribution >= 4 is 23.2 Å². The molecular weight excluding hydrogens is 346 g/mol. The maximum absolute atomic E-state index is 12.4. The smallest absolute Gasteiger partial charge is 0.274 e. The lowest BCUT2D eigenvalue weighted by molar-refractivity contribution is -0.117. The number of carbonyl (C=O) groups is 2. The van der Waals surface area contributed by atoms with Gasteiger partial charge in [0.15, 0.2) is 0 Å². The zero-order valence-corrected chi connectivity index (χ0v) is 15.5. The molecule has 0 fully saturated rings. The van der Waals surface area contributed by atoms with E-state index in [0.29, 0.717) is 12.1 Å². The van der Waals surface area contributed by atoms with Crippen LogP contribution in [-0.4, -0.2) is 28.7 Å². The van der Waals surface area contributed by atoms with Gasteiger partial charge < -0.3 is 15.4 Å². The lowest BCUT2D eigenvalue weighted by Gasteiger charge is -2.27. The fourth-order valence-electron chi connectivity index (χ4n) is 2.88. The number of hydrogen-bond acceptors (Lipinski definition) is 5. The molecule has 7 nitrogen and oxygen atoms in total. The Morgan fingerprint density at radius 3 is 2.48 bits per heavy atom. The van der Waals surface area contributed by atoms with E-state index in [2.05, 4.69) is 10.6 Å². The number of nitrogens with one attached hydrogen (secondary N) is 3. The van der Waals surface area contributed by atoms with Crippen LogP contribution in [0.4, 0.5) is 11.4 Å². The summed E-state index contributed by atoms with van der Waals surface area (Å²) >= 11 is 0. The zero-order chi connectivity index (χ0) is 19.6. The van der Waals surface area contributed by atoms with Gasteiger partial charge in [-0.1, -0.05) is 12.1 Å². The number of carbonyl (C=O) groups excluding carboxylic acids is 2. The standard InChI is InChI=1S/C20H23N3O4/c1-20(2,3)27-14-7-4-12(5-8-14)10-17-19(25)22-16-11-13(18(24)23-26)6-9-15(16)21-17/h4-9,11,17,21,26H,10H2,1-3H3,(H,22,25)(H,23,24)/t17-/m0/s1. The summed E-state index contributed by atoms with van der Waals surface area (Å²) in [7, 11) is 0. The summed E-state index contributed by atoms with van der Waals surface area (Å²) < 4.78 is 5.81. The molecule has 2 amide bonds. The van der Waals surface area contributed by atoms with E-state index in [9.17, 15) is 9.59 Å². The third kappa shape index (κ3) is 4.57. The van der Waals surface area contributed by atoms with Crippen LogP contribution in [0.5, 0.6) is 5.75 Å². The Morgan fingerprint density at radius 2 is 1.85 bits per heavy atom. The molecular formula is C20H23N3O4. The molecule has 27 heavy (non-hydrogen) atoms. The largest absolute Gasteiger partial charge is 0.488 e. The van der Waals surface area contributed by atoms with Gasteiger partial charge in [-0.25, -0.2) is 5.48 Å². The average molecular weight is 369 g/mol. The molecule has 2 aromatic carbocycles. The molecule has 0 unspecified atom stereocenters. The van der Waals surface area contributed by atoms with Crippen LogP contribution < -0.4 is 20.9 Å². The second-order valence-electron chi connectivity index (χ2n) is 7.45. The molecule has 0 aliphatic carbocycles. The number of amides is 2. The van der Waals surface area contributed by atoms with Crippen molar-refractivity contribution in [1.82, 2.24) is 5.48 Å². The van der Waals surface area contributed by atoms with Crippen molar-refractivity contribution in [2.24, 2.45) is 0 Å². The molecule has 1 aliphatic rings. The average Bonchev–Trinajstić information content (AvgIpc) is 2.61. The number of benzene rings is 2. The number of anilines is 2. The molecule has 3 rings (SSSR count). The van der Waals surface area contributed by atoms with Gasteiger partial charge in [0.2, 0.25) is 5.91 Å². The summed E-state index contributed by atoms with van der Waals surface area (Å²) in [6, 6.07) is 12.0. The van der Waals surface area contributed by atoms with Crippen LogP contribution in [-0.2, 0) is 11.2 Å². The quantitative estimate of drug-likeness (QED) is 0.490. The van der Waals surface area contributed by atoms with Crippen molar-refractivity contribution in [2.75, 3.05) is 10.6 Å². The maximum atomic E-state index is 12.4. The van der Waals surface area contributed by atoms with E-state index in [1.54, 1.807) is 17.6 Å². The van der Waals surface area contributed by atoms with Crippen LogP contribution in [0, 0.1) is 0 Å². The molecule has 0 spiro atoms. The van der Waals surface area contributed by atoms with Crippen LogP contribution in [0.3, 0.4) is 0 Å². The molecule has 0 radical (unpaired) electrons. The van der Waals surface area contributed by atoms with E-state index in [1.807, 2.05) is 45.0 Å². The normalized spacial score (nSPS) is 16.0. The summed E-state index contributed by atoms with van der Waals surface area (Å²) in [6.07, 6.45) is 0.514. The van der Waals surface area contributed by atoms with Gasteiger partial charge in [-0.15, -0.1) is 0 Å². The van der Waals surface area contributed by atoms with E-state index < -0.39 is 11.9 Å². The predicted molar refractivity (Wildman–Crippen MR) is 102 cm³/mol. The third-order valence-corrected chi connectivity index (χ3v) is 4.07. The van der Waals surface area contributed by atoms with Gasteiger partial charge in [0.05, 0.1) is 11.4 Å². The van der Waals surface area contributed by atoms with Gasteiger partial charge in [0, 0.05) is 12.0 Å². The topological polar surface area (TPSA) is 99.7 Å². The molecule has 1 aliphatic heterocycles. The summed E-state index contributed by atoms with van der Waals surface area (Å²) in [4.78, 5) is 23.9. The minimum absolute atomic E-state index is 0.181. The Morgan fingerprint density at radius 1 is 1.15 bits per heavy atom. The van der Waals surface area contributed by atoms with Crippen LogP contribution in [0.2, 0.25) is 0 Å². The fraction of sp³-hybridized carbons (Fsp3) is 0.300. The second-order valence-corrected chi connectivity index (χ2v) is 7.45. The first-order valence-electron chi connectivity index (χ1n) is 8.69. The van der Waals surface area contributed by atoms with Crippen molar-refractivity contribution < 1.29 is 19.5 Å².